The summed E-state index contributed by atoms with van der Waals surface area (Å²) in [7, 11) is 3.17. The topological polar surface area (TPSA) is 58.6 Å². The normalized spacial score (nSPS) is 14.4. The number of hydrogen-bond acceptors (Lipinski definition) is 3. The van der Waals surface area contributed by atoms with Gasteiger partial charge in [0.05, 0.1) is 24.8 Å². The van der Waals surface area contributed by atoms with E-state index in [4.69, 9.17) is 16.3 Å². The van der Waals surface area contributed by atoms with E-state index in [2.05, 4.69) is 5.32 Å². The Bertz CT molecular complexity index is 819. The van der Waals surface area contributed by atoms with Gasteiger partial charge in [0.2, 0.25) is 11.8 Å². The third-order valence-corrected chi connectivity index (χ3v) is 4.88. The SMILES string of the molecule is COc1ccc(Cl)cc1NC(=O)CN(C)C(=O)C1(c2ccccc2)CC1. The molecule has 0 unspecified atom stereocenters. The van der Waals surface area contributed by atoms with E-state index in [0.717, 1.165) is 18.4 Å². The number of halogens is 1. The predicted octanol–water partition coefficient (Wildman–Crippen LogP) is 3.48. The molecule has 0 aliphatic heterocycles. The Labute approximate surface area is 157 Å². The Balaban J connectivity index is 1.67. The zero-order valence-corrected chi connectivity index (χ0v) is 15.5. The van der Waals surface area contributed by atoms with Gasteiger partial charge in [0.1, 0.15) is 5.75 Å². The third kappa shape index (κ3) is 3.68. The van der Waals surface area contributed by atoms with E-state index in [1.165, 1.54) is 12.0 Å². The van der Waals surface area contributed by atoms with Crippen LogP contribution >= 0.6 is 11.6 Å². The van der Waals surface area contributed by atoms with Crippen molar-refractivity contribution in [1.29, 1.82) is 0 Å². The minimum atomic E-state index is -0.482. The maximum absolute atomic E-state index is 12.9. The number of carbonyl (C=O) groups excluding carboxylic acids is 2. The van der Waals surface area contributed by atoms with Gasteiger partial charge in [-0.15, -0.1) is 0 Å². The molecule has 0 saturated heterocycles. The second kappa shape index (κ2) is 7.38. The molecule has 0 heterocycles. The lowest BCUT2D eigenvalue weighted by molar-refractivity contribution is -0.135. The van der Waals surface area contributed by atoms with Crippen LogP contribution in [0.1, 0.15) is 18.4 Å². The minimum absolute atomic E-state index is 0.0306. The Morgan fingerprint density at radius 3 is 2.50 bits per heavy atom. The summed E-state index contributed by atoms with van der Waals surface area (Å²) in [5.41, 5.74) is 1.01. The number of likely N-dealkylation sites (N-methyl/N-ethyl adjacent to an activating group) is 1. The summed E-state index contributed by atoms with van der Waals surface area (Å²) in [6.45, 7) is -0.0386. The zero-order chi connectivity index (χ0) is 18.7. The van der Waals surface area contributed by atoms with Crippen LogP contribution < -0.4 is 10.1 Å². The van der Waals surface area contributed by atoms with Crippen molar-refractivity contribution in [3.05, 3.63) is 59.1 Å². The van der Waals surface area contributed by atoms with Crippen LogP contribution in [0, 0.1) is 0 Å². The van der Waals surface area contributed by atoms with E-state index in [0.29, 0.717) is 16.5 Å². The number of carbonyl (C=O) groups is 2. The molecular formula is C20H21ClN2O3. The molecule has 0 atom stereocenters. The van der Waals surface area contributed by atoms with Crippen molar-refractivity contribution in [3.8, 4) is 5.75 Å². The van der Waals surface area contributed by atoms with Crippen LogP contribution in [0.5, 0.6) is 5.75 Å². The van der Waals surface area contributed by atoms with E-state index < -0.39 is 5.41 Å². The Kier molecular flexibility index (Phi) is 5.18. The molecule has 0 radical (unpaired) electrons. The number of rotatable bonds is 6. The number of ether oxygens (including phenoxy) is 1. The number of nitrogens with one attached hydrogen (secondary N) is 1. The molecule has 1 aliphatic rings. The van der Waals surface area contributed by atoms with Gasteiger partial charge in [-0.05, 0) is 36.6 Å². The van der Waals surface area contributed by atoms with Crippen LogP contribution in [-0.4, -0.2) is 37.4 Å². The molecule has 136 valence electrons. The highest BCUT2D eigenvalue weighted by Gasteiger charge is 2.52. The van der Waals surface area contributed by atoms with Crippen molar-refractivity contribution in [1.82, 2.24) is 4.90 Å². The van der Waals surface area contributed by atoms with Crippen molar-refractivity contribution >= 4 is 29.1 Å². The molecule has 5 nitrogen and oxygen atoms in total. The molecule has 1 saturated carbocycles. The van der Waals surface area contributed by atoms with Crippen molar-refractivity contribution in [2.45, 2.75) is 18.3 Å². The molecule has 0 aromatic heterocycles. The molecule has 0 spiro atoms. The van der Waals surface area contributed by atoms with Crippen molar-refractivity contribution in [3.63, 3.8) is 0 Å². The molecule has 6 heteroatoms. The average molecular weight is 373 g/mol. The lowest BCUT2D eigenvalue weighted by Crippen LogP contribution is -2.41. The fraction of sp³-hybridized carbons (Fsp3) is 0.300. The second-order valence-corrected chi connectivity index (χ2v) is 6.94. The van der Waals surface area contributed by atoms with Gasteiger partial charge in [-0.25, -0.2) is 0 Å². The molecule has 3 rings (SSSR count). The Morgan fingerprint density at radius 2 is 1.88 bits per heavy atom. The fourth-order valence-corrected chi connectivity index (χ4v) is 3.30. The summed E-state index contributed by atoms with van der Waals surface area (Å²) in [6.07, 6.45) is 1.62. The van der Waals surface area contributed by atoms with E-state index in [1.807, 2.05) is 30.3 Å². The van der Waals surface area contributed by atoms with Crippen LogP contribution in [0.15, 0.2) is 48.5 Å². The lowest BCUT2D eigenvalue weighted by atomic mass is 9.94. The van der Waals surface area contributed by atoms with Gasteiger partial charge in [-0.2, -0.15) is 0 Å². The smallest absolute Gasteiger partial charge is 0.244 e. The first-order chi connectivity index (χ1) is 12.5. The minimum Gasteiger partial charge on any atom is -0.495 e. The first-order valence-corrected chi connectivity index (χ1v) is 8.78. The molecule has 2 amide bonds. The summed E-state index contributed by atoms with van der Waals surface area (Å²) in [4.78, 5) is 26.8. The molecular weight excluding hydrogens is 352 g/mol. The largest absolute Gasteiger partial charge is 0.495 e. The Morgan fingerprint density at radius 1 is 1.19 bits per heavy atom. The molecule has 2 aromatic carbocycles. The number of nitrogens with zero attached hydrogens (tertiary/aromatic N) is 1. The summed E-state index contributed by atoms with van der Waals surface area (Å²) >= 11 is 5.98. The van der Waals surface area contributed by atoms with Gasteiger partial charge >= 0.3 is 0 Å². The summed E-state index contributed by atoms with van der Waals surface area (Å²) in [5.74, 6) is 0.182. The molecule has 0 bridgehead atoms. The van der Waals surface area contributed by atoms with Gasteiger partial charge in [-0.3, -0.25) is 9.59 Å². The molecule has 1 N–H and O–H groups in total. The molecule has 26 heavy (non-hydrogen) atoms. The number of amides is 2. The van der Waals surface area contributed by atoms with Crippen LogP contribution in [0.25, 0.3) is 0 Å². The predicted molar refractivity (Wildman–Crippen MR) is 102 cm³/mol. The van der Waals surface area contributed by atoms with E-state index in [1.54, 1.807) is 25.2 Å². The van der Waals surface area contributed by atoms with E-state index in [-0.39, 0.29) is 18.4 Å². The summed E-state index contributed by atoms with van der Waals surface area (Å²) in [6, 6.07) is 14.7. The maximum atomic E-state index is 12.9. The van der Waals surface area contributed by atoms with Gasteiger partial charge in [0.15, 0.2) is 0 Å². The molecule has 1 fully saturated rings. The van der Waals surface area contributed by atoms with E-state index in [9.17, 15) is 9.59 Å². The zero-order valence-electron chi connectivity index (χ0n) is 14.8. The average Bonchev–Trinajstić information content (AvgIpc) is 3.44. The third-order valence-electron chi connectivity index (χ3n) is 4.65. The highest BCUT2D eigenvalue weighted by Crippen LogP contribution is 2.49. The Hall–Kier alpha value is -2.53. The van der Waals surface area contributed by atoms with Crippen LogP contribution in [-0.2, 0) is 15.0 Å². The highest BCUT2D eigenvalue weighted by atomic mass is 35.5. The van der Waals surface area contributed by atoms with E-state index >= 15 is 0 Å². The molecule has 2 aromatic rings. The van der Waals surface area contributed by atoms with Crippen LogP contribution in [0.2, 0.25) is 5.02 Å². The first-order valence-electron chi connectivity index (χ1n) is 8.41. The number of benzene rings is 2. The quantitative estimate of drug-likeness (QED) is 0.844. The number of methoxy groups -OCH3 is 1. The van der Waals surface area contributed by atoms with Crippen LogP contribution in [0.3, 0.4) is 0 Å². The first kappa shape index (κ1) is 18.3. The van der Waals surface area contributed by atoms with Gasteiger partial charge in [-0.1, -0.05) is 41.9 Å². The van der Waals surface area contributed by atoms with Crippen molar-refractivity contribution in [2.75, 3.05) is 26.0 Å². The van der Waals surface area contributed by atoms with Crippen LogP contribution in [0.4, 0.5) is 5.69 Å². The maximum Gasteiger partial charge on any atom is 0.244 e. The van der Waals surface area contributed by atoms with Crippen molar-refractivity contribution < 1.29 is 14.3 Å². The van der Waals surface area contributed by atoms with Crippen molar-refractivity contribution in [2.24, 2.45) is 0 Å². The summed E-state index contributed by atoms with van der Waals surface area (Å²) < 4.78 is 5.22. The van der Waals surface area contributed by atoms with Gasteiger partial charge < -0.3 is 15.0 Å². The lowest BCUT2D eigenvalue weighted by Gasteiger charge is -2.23. The summed E-state index contributed by atoms with van der Waals surface area (Å²) in [5, 5.41) is 3.25. The second-order valence-electron chi connectivity index (χ2n) is 6.50. The number of hydrogen-bond donors (Lipinski definition) is 1. The standard InChI is InChI=1S/C20H21ClN2O3/c1-23(19(25)20(10-11-20)14-6-4-3-5-7-14)13-18(24)22-16-12-15(21)8-9-17(16)26-2/h3-9,12H,10-11,13H2,1-2H3,(H,22,24). The fourth-order valence-electron chi connectivity index (χ4n) is 3.13. The van der Waals surface area contributed by atoms with Gasteiger partial charge in [0, 0.05) is 12.1 Å². The monoisotopic (exact) mass is 372 g/mol. The molecule has 1 aliphatic carbocycles. The highest BCUT2D eigenvalue weighted by molar-refractivity contribution is 6.31. The van der Waals surface area contributed by atoms with Gasteiger partial charge in [0.25, 0.3) is 0 Å². The number of anilines is 1.